The van der Waals surface area contributed by atoms with Crippen LogP contribution < -0.4 is 5.32 Å². The van der Waals surface area contributed by atoms with Crippen LogP contribution in [0.5, 0.6) is 0 Å². The minimum absolute atomic E-state index is 0.225. The lowest BCUT2D eigenvalue weighted by atomic mass is 9.96. The number of nitrogens with one attached hydrogen (secondary N) is 1. The van der Waals surface area contributed by atoms with Crippen LogP contribution in [0.4, 0.5) is 0 Å². The molecule has 4 heteroatoms. The number of hydrogen-bond acceptors (Lipinski definition) is 3. The van der Waals surface area contributed by atoms with Gasteiger partial charge in [-0.05, 0) is 59.5 Å². The van der Waals surface area contributed by atoms with Crippen molar-refractivity contribution in [1.82, 2.24) is 19.8 Å². The first-order valence-electron chi connectivity index (χ1n) is 7.94. The monoisotopic (exact) mass is 278 g/mol. The third-order valence-corrected chi connectivity index (χ3v) is 4.05. The van der Waals surface area contributed by atoms with Crippen LogP contribution in [0, 0.1) is 5.92 Å². The molecular weight excluding hydrogens is 248 g/mol. The van der Waals surface area contributed by atoms with Gasteiger partial charge in [-0.25, -0.2) is 4.98 Å². The van der Waals surface area contributed by atoms with E-state index in [9.17, 15) is 0 Å². The van der Waals surface area contributed by atoms with Gasteiger partial charge in [-0.2, -0.15) is 0 Å². The first-order chi connectivity index (χ1) is 9.48. The Morgan fingerprint density at radius 2 is 2.20 bits per heavy atom. The molecule has 1 saturated heterocycles. The summed E-state index contributed by atoms with van der Waals surface area (Å²) in [6.45, 7) is 14.5. The topological polar surface area (TPSA) is 33.1 Å². The van der Waals surface area contributed by atoms with Crippen molar-refractivity contribution in [3.63, 3.8) is 0 Å². The Morgan fingerprint density at radius 1 is 1.40 bits per heavy atom. The van der Waals surface area contributed by atoms with Crippen molar-refractivity contribution in [3.05, 3.63) is 18.2 Å². The van der Waals surface area contributed by atoms with Crippen molar-refractivity contribution in [2.75, 3.05) is 19.6 Å². The Morgan fingerprint density at radius 3 is 2.90 bits per heavy atom. The molecule has 0 amide bonds. The van der Waals surface area contributed by atoms with Crippen LogP contribution in [0.1, 0.15) is 46.2 Å². The molecule has 0 aliphatic carbocycles. The normalized spacial score (nSPS) is 21.3. The molecule has 0 radical (unpaired) electrons. The average Bonchev–Trinajstić information content (AvgIpc) is 2.83. The second-order valence-corrected chi connectivity index (χ2v) is 7.05. The lowest BCUT2D eigenvalue weighted by Gasteiger charge is -2.34. The number of rotatable bonds is 5. The lowest BCUT2D eigenvalue weighted by Crippen LogP contribution is -2.44. The van der Waals surface area contributed by atoms with Crippen molar-refractivity contribution in [3.8, 4) is 0 Å². The number of piperidine rings is 1. The highest BCUT2D eigenvalue weighted by Gasteiger charge is 2.22. The van der Waals surface area contributed by atoms with E-state index in [2.05, 4.69) is 47.5 Å². The van der Waals surface area contributed by atoms with Crippen molar-refractivity contribution in [1.29, 1.82) is 0 Å². The zero-order valence-electron chi connectivity index (χ0n) is 13.5. The molecule has 0 spiro atoms. The van der Waals surface area contributed by atoms with E-state index in [1.165, 1.54) is 31.6 Å². The average molecular weight is 278 g/mol. The summed E-state index contributed by atoms with van der Waals surface area (Å²) in [4.78, 5) is 6.86. The van der Waals surface area contributed by atoms with Gasteiger partial charge in [-0.1, -0.05) is 0 Å². The zero-order valence-corrected chi connectivity index (χ0v) is 13.5. The van der Waals surface area contributed by atoms with Crippen LogP contribution in [-0.2, 0) is 13.1 Å². The van der Waals surface area contributed by atoms with Crippen LogP contribution in [0.15, 0.2) is 12.5 Å². The van der Waals surface area contributed by atoms with Crippen LogP contribution in [-0.4, -0.2) is 39.6 Å². The van der Waals surface area contributed by atoms with Gasteiger partial charge in [0.1, 0.15) is 0 Å². The second kappa shape index (κ2) is 6.72. The van der Waals surface area contributed by atoms with E-state index in [1.807, 2.05) is 12.5 Å². The maximum Gasteiger partial charge on any atom is 0.0948 e. The molecule has 0 bridgehead atoms. The van der Waals surface area contributed by atoms with Gasteiger partial charge >= 0.3 is 0 Å². The second-order valence-electron chi connectivity index (χ2n) is 7.05. The molecule has 114 valence electrons. The van der Waals surface area contributed by atoms with Gasteiger partial charge < -0.3 is 9.88 Å². The Bertz CT molecular complexity index is 405. The predicted molar refractivity (Wildman–Crippen MR) is 83.7 cm³/mol. The SMILES string of the molecule is CCn1cncc1CN1CCCC(CNC(C)(C)C)C1. The minimum Gasteiger partial charge on any atom is -0.334 e. The summed E-state index contributed by atoms with van der Waals surface area (Å²) in [6.07, 6.45) is 6.63. The molecule has 0 saturated carbocycles. The first-order valence-corrected chi connectivity index (χ1v) is 7.94. The molecule has 0 aromatic carbocycles. The summed E-state index contributed by atoms with van der Waals surface area (Å²) in [6, 6.07) is 0. The quantitative estimate of drug-likeness (QED) is 0.898. The van der Waals surface area contributed by atoms with Gasteiger partial charge in [-0.3, -0.25) is 4.90 Å². The van der Waals surface area contributed by atoms with E-state index in [0.717, 1.165) is 25.6 Å². The third-order valence-electron chi connectivity index (χ3n) is 4.05. The summed E-state index contributed by atoms with van der Waals surface area (Å²) in [7, 11) is 0. The van der Waals surface area contributed by atoms with E-state index >= 15 is 0 Å². The highest BCUT2D eigenvalue weighted by atomic mass is 15.2. The molecule has 1 N–H and O–H groups in total. The standard InChI is InChI=1S/C16H30N4/c1-5-20-13-17-10-15(20)12-19-8-6-7-14(11-19)9-18-16(2,3)4/h10,13-14,18H,5-9,11-12H2,1-4H3. The van der Waals surface area contributed by atoms with E-state index in [1.54, 1.807) is 0 Å². The zero-order chi connectivity index (χ0) is 14.6. The van der Waals surface area contributed by atoms with Gasteiger partial charge in [-0.15, -0.1) is 0 Å². The molecule has 4 nitrogen and oxygen atoms in total. The first kappa shape index (κ1) is 15.5. The summed E-state index contributed by atoms with van der Waals surface area (Å²) in [5.74, 6) is 0.779. The highest BCUT2D eigenvalue weighted by Crippen LogP contribution is 2.18. The van der Waals surface area contributed by atoms with E-state index in [0.29, 0.717) is 0 Å². The molecule has 1 aliphatic heterocycles. The molecule has 2 heterocycles. The van der Waals surface area contributed by atoms with E-state index < -0.39 is 0 Å². The number of likely N-dealkylation sites (tertiary alicyclic amines) is 1. The van der Waals surface area contributed by atoms with Crippen molar-refractivity contribution in [2.24, 2.45) is 5.92 Å². The lowest BCUT2D eigenvalue weighted by molar-refractivity contribution is 0.157. The fourth-order valence-corrected chi connectivity index (χ4v) is 2.91. The molecule has 1 unspecified atom stereocenters. The van der Waals surface area contributed by atoms with Crippen molar-refractivity contribution in [2.45, 2.75) is 59.2 Å². The molecule has 1 aromatic heterocycles. The van der Waals surface area contributed by atoms with Gasteiger partial charge in [0.25, 0.3) is 0 Å². The molecule has 20 heavy (non-hydrogen) atoms. The molecule has 1 aliphatic rings. The van der Waals surface area contributed by atoms with Crippen molar-refractivity contribution >= 4 is 0 Å². The fraction of sp³-hybridized carbons (Fsp3) is 0.812. The van der Waals surface area contributed by atoms with Crippen LogP contribution in [0.2, 0.25) is 0 Å². The smallest absolute Gasteiger partial charge is 0.0948 e. The minimum atomic E-state index is 0.225. The Labute approximate surface area is 123 Å². The largest absolute Gasteiger partial charge is 0.334 e. The van der Waals surface area contributed by atoms with Crippen molar-refractivity contribution < 1.29 is 0 Å². The fourth-order valence-electron chi connectivity index (χ4n) is 2.91. The van der Waals surface area contributed by atoms with Crippen LogP contribution in [0.25, 0.3) is 0 Å². The molecule has 1 aromatic rings. The summed E-state index contributed by atoms with van der Waals surface area (Å²) < 4.78 is 2.25. The Kier molecular flexibility index (Phi) is 5.22. The molecule has 1 fully saturated rings. The maximum absolute atomic E-state index is 4.27. The molecule has 2 rings (SSSR count). The molecule has 1 atom stereocenters. The van der Waals surface area contributed by atoms with Crippen LogP contribution in [0.3, 0.4) is 0 Å². The number of nitrogens with zero attached hydrogens (tertiary/aromatic N) is 3. The maximum atomic E-state index is 4.27. The summed E-state index contributed by atoms with van der Waals surface area (Å²) in [5, 5.41) is 3.65. The van der Waals surface area contributed by atoms with Gasteiger partial charge in [0.2, 0.25) is 0 Å². The van der Waals surface area contributed by atoms with Gasteiger partial charge in [0.05, 0.1) is 12.0 Å². The number of aromatic nitrogens is 2. The van der Waals surface area contributed by atoms with Gasteiger partial charge in [0, 0.05) is 31.4 Å². The van der Waals surface area contributed by atoms with E-state index in [4.69, 9.17) is 0 Å². The number of hydrogen-bond donors (Lipinski definition) is 1. The molecular formula is C16H30N4. The highest BCUT2D eigenvalue weighted by molar-refractivity contribution is 4.98. The van der Waals surface area contributed by atoms with Crippen LogP contribution >= 0.6 is 0 Å². The summed E-state index contributed by atoms with van der Waals surface area (Å²) in [5.41, 5.74) is 1.57. The Balaban J connectivity index is 1.84. The van der Waals surface area contributed by atoms with Gasteiger partial charge in [0.15, 0.2) is 0 Å². The third kappa shape index (κ3) is 4.60. The number of imidazole rings is 1. The Hall–Kier alpha value is -0.870. The summed E-state index contributed by atoms with van der Waals surface area (Å²) >= 11 is 0. The van der Waals surface area contributed by atoms with E-state index in [-0.39, 0.29) is 5.54 Å². The number of aryl methyl sites for hydroxylation is 1. The predicted octanol–water partition coefficient (Wildman–Crippen LogP) is 2.50.